The molecular weight excluding hydrogens is 328 g/mol. The van der Waals surface area contributed by atoms with E-state index in [9.17, 15) is 9.59 Å². The molecule has 0 unspecified atom stereocenters. The van der Waals surface area contributed by atoms with E-state index in [0.717, 1.165) is 16.8 Å². The zero-order chi connectivity index (χ0) is 18.9. The molecular formula is C20H26N4O2. The second-order valence-electron chi connectivity index (χ2n) is 6.51. The molecule has 0 aliphatic rings. The van der Waals surface area contributed by atoms with E-state index < -0.39 is 0 Å². The third-order valence-corrected chi connectivity index (χ3v) is 4.01. The van der Waals surface area contributed by atoms with Crippen molar-refractivity contribution < 1.29 is 9.59 Å². The molecule has 2 aromatic rings. The number of hydrogen-bond donors (Lipinski definition) is 2. The molecule has 0 spiro atoms. The van der Waals surface area contributed by atoms with Crippen LogP contribution < -0.4 is 10.6 Å². The van der Waals surface area contributed by atoms with Gasteiger partial charge in [-0.2, -0.15) is 0 Å². The minimum absolute atomic E-state index is 0.0262. The van der Waals surface area contributed by atoms with Crippen molar-refractivity contribution >= 4 is 17.6 Å². The number of para-hydroxylation sites is 1. The number of carbonyl (C=O) groups is 2. The van der Waals surface area contributed by atoms with Crippen molar-refractivity contribution in [3.63, 3.8) is 0 Å². The van der Waals surface area contributed by atoms with Crippen molar-refractivity contribution in [1.29, 1.82) is 0 Å². The molecule has 1 atom stereocenters. The molecule has 138 valence electrons. The molecule has 0 radical (unpaired) electrons. The number of amides is 3. The van der Waals surface area contributed by atoms with Gasteiger partial charge in [-0.1, -0.05) is 24.3 Å². The largest absolute Gasteiger partial charge is 0.349 e. The Morgan fingerprint density at radius 1 is 1.15 bits per heavy atom. The summed E-state index contributed by atoms with van der Waals surface area (Å²) in [7, 11) is 3.48. The van der Waals surface area contributed by atoms with E-state index in [2.05, 4.69) is 15.6 Å². The maximum absolute atomic E-state index is 12.3. The minimum Gasteiger partial charge on any atom is -0.349 e. The van der Waals surface area contributed by atoms with Gasteiger partial charge in [-0.3, -0.25) is 9.78 Å². The minimum atomic E-state index is -0.257. The lowest BCUT2D eigenvalue weighted by molar-refractivity contribution is -0.128. The van der Waals surface area contributed by atoms with Crippen molar-refractivity contribution in [3.8, 4) is 0 Å². The van der Waals surface area contributed by atoms with E-state index in [0.29, 0.717) is 19.3 Å². The Kier molecular flexibility index (Phi) is 7.14. The number of benzene rings is 1. The van der Waals surface area contributed by atoms with Crippen LogP contribution in [0.25, 0.3) is 0 Å². The van der Waals surface area contributed by atoms with Crippen LogP contribution >= 0.6 is 0 Å². The number of rotatable bonds is 7. The summed E-state index contributed by atoms with van der Waals surface area (Å²) in [5.41, 5.74) is 2.74. The average Bonchev–Trinajstić information content (AvgIpc) is 2.61. The number of anilines is 1. The Balaban J connectivity index is 1.91. The Bertz CT molecular complexity index is 732. The first-order valence-electron chi connectivity index (χ1n) is 8.70. The van der Waals surface area contributed by atoms with Crippen LogP contribution in [0.1, 0.15) is 24.5 Å². The standard InChI is InChI=1S/C20H26N4O2/c1-15(13-16-7-6-12-21-14-16)22-20(26)23-18-9-5-4-8-17(18)10-11-19(25)24(2)3/h4-9,12,14-15H,10-11,13H2,1-3H3,(H2,22,23,26)/t15-/m1/s1. The molecule has 0 aliphatic heterocycles. The summed E-state index contributed by atoms with van der Waals surface area (Å²) in [5.74, 6) is 0.0642. The molecule has 1 heterocycles. The van der Waals surface area contributed by atoms with Gasteiger partial charge in [0.05, 0.1) is 0 Å². The highest BCUT2D eigenvalue weighted by atomic mass is 16.2. The predicted molar refractivity (Wildman–Crippen MR) is 103 cm³/mol. The Morgan fingerprint density at radius 3 is 2.62 bits per heavy atom. The summed E-state index contributed by atoms with van der Waals surface area (Å²) in [6.07, 6.45) is 5.23. The van der Waals surface area contributed by atoms with Crippen LogP contribution in [-0.4, -0.2) is 42.0 Å². The normalized spacial score (nSPS) is 11.5. The van der Waals surface area contributed by atoms with Gasteiger partial charge in [0.25, 0.3) is 0 Å². The SMILES string of the molecule is C[C@H](Cc1cccnc1)NC(=O)Nc1ccccc1CCC(=O)N(C)C. The predicted octanol–water partition coefficient (Wildman–Crippen LogP) is 2.86. The molecule has 1 aromatic carbocycles. The first-order valence-corrected chi connectivity index (χ1v) is 8.70. The molecule has 0 saturated heterocycles. The summed E-state index contributed by atoms with van der Waals surface area (Å²) in [5, 5.41) is 5.82. The van der Waals surface area contributed by atoms with Crippen molar-refractivity contribution in [2.24, 2.45) is 0 Å². The number of aromatic nitrogens is 1. The summed E-state index contributed by atoms with van der Waals surface area (Å²) < 4.78 is 0. The summed E-state index contributed by atoms with van der Waals surface area (Å²) in [6.45, 7) is 1.95. The highest BCUT2D eigenvalue weighted by Crippen LogP contribution is 2.17. The average molecular weight is 354 g/mol. The van der Waals surface area contributed by atoms with Crippen LogP contribution in [0.5, 0.6) is 0 Å². The molecule has 2 rings (SSSR count). The number of nitrogens with one attached hydrogen (secondary N) is 2. The number of pyridine rings is 1. The van der Waals surface area contributed by atoms with Crippen molar-refractivity contribution in [1.82, 2.24) is 15.2 Å². The molecule has 0 bridgehead atoms. The van der Waals surface area contributed by atoms with Gasteiger partial charge in [0.2, 0.25) is 5.91 Å². The second-order valence-corrected chi connectivity index (χ2v) is 6.51. The maximum Gasteiger partial charge on any atom is 0.319 e. The van der Waals surface area contributed by atoms with Crippen LogP contribution in [0.3, 0.4) is 0 Å². The monoisotopic (exact) mass is 354 g/mol. The highest BCUT2D eigenvalue weighted by molar-refractivity contribution is 5.90. The molecule has 2 N–H and O–H groups in total. The van der Waals surface area contributed by atoms with Crippen LogP contribution in [0, 0.1) is 0 Å². The summed E-state index contributed by atoms with van der Waals surface area (Å²) in [6, 6.07) is 11.1. The lowest BCUT2D eigenvalue weighted by Crippen LogP contribution is -2.37. The third-order valence-electron chi connectivity index (χ3n) is 4.01. The van der Waals surface area contributed by atoms with E-state index in [-0.39, 0.29) is 18.0 Å². The Hall–Kier alpha value is -2.89. The molecule has 3 amide bonds. The smallest absolute Gasteiger partial charge is 0.319 e. The van der Waals surface area contributed by atoms with Gasteiger partial charge in [-0.05, 0) is 43.0 Å². The van der Waals surface area contributed by atoms with Gasteiger partial charge in [0.1, 0.15) is 0 Å². The van der Waals surface area contributed by atoms with E-state index >= 15 is 0 Å². The van der Waals surface area contributed by atoms with Gasteiger partial charge >= 0.3 is 6.03 Å². The number of nitrogens with zero attached hydrogens (tertiary/aromatic N) is 2. The summed E-state index contributed by atoms with van der Waals surface area (Å²) >= 11 is 0. The molecule has 26 heavy (non-hydrogen) atoms. The van der Waals surface area contributed by atoms with Gasteiger partial charge in [0, 0.05) is 44.6 Å². The van der Waals surface area contributed by atoms with Gasteiger partial charge in [0.15, 0.2) is 0 Å². The molecule has 1 aromatic heterocycles. The molecule has 0 saturated carbocycles. The lowest BCUT2D eigenvalue weighted by atomic mass is 10.1. The van der Waals surface area contributed by atoms with Crippen LogP contribution in [-0.2, 0) is 17.6 Å². The first-order chi connectivity index (χ1) is 12.5. The van der Waals surface area contributed by atoms with Crippen molar-refractivity contribution in [2.75, 3.05) is 19.4 Å². The fourth-order valence-corrected chi connectivity index (χ4v) is 2.63. The second kappa shape index (κ2) is 9.56. The number of hydrogen-bond acceptors (Lipinski definition) is 3. The van der Waals surface area contributed by atoms with Crippen LogP contribution in [0.15, 0.2) is 48.8 Å². The first kappa shape index (κ1) is 19.4. The van der Waals surface area contributed by atoms with E-state index in [4.69, 9.17) is 0 Å². The topological polar surface area (TPSA) is 74.3 Å². The van der Waals surface area contributed by atoms with Crippen molar-refractivity contribution in [3.05, 3.63) is 59.9 Å². The Labute approximate surface area is 154 Å². The lowest BCUT2D eigenvalue weighted by Gasteiger charge is -2.16. The molecule has 6 heteroatoms. The van der Waals surface area contributed by atoms with E-state index in [1.165, 1.54) is 0 Å². The van der Waals surface area contributed by atoms with E-state index in [1.54, 1.807) is 31.4 Å². The zero-order valence-electron chi connectivity index (χ0n) is 15.5. The van der Waals surface area contributed by atoms with Gasteiger partial charge in [-0.25, -0.2) is 4.79 Å². The fourth-order valence-electron chi connectivity index (χ4n) is 2.63. The van der Waals surface area contributed by atoms with E-state index in [1.807, 2.05) is 43.3 Å². The molecule has 6 nitrogen and oxygen atoms in total. The maximum atomic E-state index is 12.3. The van der Waals surface area contributed by atoms with Crippen LogP contribution in [0.4, 0.5) is 10.5 Å². The highest BCUT2D eigenvalue weighted by Gasteiger charge is 2.12. The van der Waals surface area contributed by atoms with Gasteiger partial charge in [-0.15, -0.1) is 0 Å². The van der Waals surface area contributed by atoms with Crippen molar-refractivity contribution in [2.45, 2.75) is 32.2 Å². The summed E-state index contributed by atoms with van der Waals surface area (Å²) in [4.78, 5) is 29.7. The zero-order valence-corrected chi connectivity index (χ0v) is 15.5. The molecule has 0 fully saturated rings. The third kappa shape index (κ3) is 6.20. The number of urea groups is 1. The fraction of sp³-hybridized carbons (Fsp3) is 0.350. The number of carbonyl (C=O) groups excluding carboxylic acids is 2. The molecule has 0 aliphatic carbocycles. The van der Waals surface area contributed by atoms with Gasteiger partial charge < -0.3 is 15.5 Å². The number of aryl methyl sites for hydroxylation is 1. The van der Waals surface area contributed by atoms with Crippen LogP contribution in [0.2, 0.25) is 0 Å². The Morgan fingerprint density at radius 2 is 1.92 bits per heavy atom. The quantitative estimate of drug-likeness (QED) is 0.803.